The Balaban J connectivity index is 0.00000200. The smallest absolute Gasteiger partial charge is 0.224 e. The molecule has 0 fully saturated rings. The first-order valence-electron chi connectivity index (χ1n) is 6.57. The third kappa shape index (κ3) is 4.28. The highest BCUT2D eigenvalue weighted by molar-refractivity contribution is 5.85. The lowest BCUT2D eigenvalue weighted by atomic mass is 10.1. The molecule has 1 aromatic carbocycles. The molecule has 0 saturated heterocycles. The van der Waals surface area contributed by atoms with Gasteiger partial charge in [-0.05, 0) is 24.1 Å². The Morgan fingerprint density at radius 3 is 2.75 bits per heavy atom. The minimum Gasteiger partial charge on any atom is -0.486 e. The van der Waals surface area contributed by atoms with Crippen LogP contribution < -0.4 is 20.5 Å². The number of ether oxygens (including phenoxy) is 2. The topological polar surface area (TPSA) is 73.6 Å². The number of carbonyl (C=O) groups excluding carboxylic acids is 1. The fourth-order valence-corrected chi connectivity index (χ4v) is 1.85. The van der Waals surface area contributed by atoms with Crippen LogP contribution in [0.25, 0.3) is 0 Å². The molecule has 0 radical (unpaired) electrons. The Hall–Kier alpha value is -1.46. The highest BCUT2D eigenvalue weighted by Crippen LogP contribution is 2.30. The van der Waals surface area contributed by atoms with Crippen LogP contribution in [0, 0.1) is 5.92 Å². The van der Waals surface area contributed by atoms with Gasteiger partial charge in [-0.1, -0.05) is 13.0 Å². The molecule has 112 valence electrons. The normalized spacial score (nSPS) is 14.1. The zero-order chi connectivity index (χ0) is 13.7. The van der Waals surface area contributed by atoms with Crippen molar-refractivity contribution in [2.24, 2.45) is 11.7 Å². The number of rotatable bonds is 5. The van der Waals surface area contributed by atoms with E-state index in [0.717, 1.165) is 23.5 Å². The second-order valence-corrected chi connectivity index (χ2v) is 4.66. The summed E-state index contributed by atoms with van der Waals surface area (Å²) in [5, 5.41) is 2.87. The van der Waals surface area contributed by atoms with E-state index in [2.05, 4.69) is 5.32 Å². The Morgan fingerprint density at radius 1 is 1.35 bits per heavy atom. The molecular weight excluding hydrogens is 280 g/mol. The van der Waals surface area contributed by atoms with Crippen LogP contribution in [-0.4, -0.2) is 32.2 Å². The molecule has 1 heterocycles. The minimum atomic E-state index is -0.139. The minimum absolute atomic E-state index is 0. The number of hydrogen-bond acceptors (Lipinski definition) is 4. The quantitative estimate of drug-likeness (QED) is 0.855. The largest absolute Gasteiger partial charge is 0.486 e. The summed E-state index contributed by atoms with van der Waals surface area (Å²) >= 11 is 0. The Labute approximate surface area is 125 Å². The summed E-state index contributed by atoms with van der Waals surface area (Å²) in [5.74, 6) is 1.43. The van der Waals surface area contributed by atoms with E-state index in [9.17, 15) is 4.79 Å². The molecule has 0 saturated carbocycles. The zero-order valence-electron chi connectivity index (χ0n) is 11.6. The summed E-state index contributed by atoms with van der Waals surface area (Å²) in [7, 11) is 0. The van der Waals surface area contributed by atoms with E-state index in [4.69, 9.17) is 15.2 Å². The van der Waals surface area contributed by atoms with Crippen molar-refractivity contribution >= 4 is 18.3 Å². The van der Waals surface area contributed by atoms with Crippen LogP contribution in [-0.2, 0) is 11.2 Å². The molecule has 0 bridgehead atoms. The zero-order valence-corrected chi connectivity index (χ0v) is 12.4. The summed E-state index contributed by atoms with van der Waals surface area (Å²) < 4.78 is 11.0. The van der Waals surface area contributed by atoms with E-state index >= 15 is 0 Å². The molecule has 3 N–H and O–H groups in total. The molecule has 0 aromatic heterocycles. The number of hydrogen-bond donors (Lipinski definition) is 2. The number of amides is 1. The Kier molecular flexibility index (Phi) is 6.61. The van der Waals surface area contributed by atoms with Crippen molar-refractivity contribution in [1.29, 1.82) is 0 Å². The Bertz CT molecular complexity index is 454. The van der Waals surface area contributed by atoms with Crippen LogP contribution in [0.4, 0.5) is 0 Å². The summed E-state index contributed by atoms with van der Waals surface area (Å²) in [6, 6.07) is 5.87. The van der Waals surface area contributed by atoms with Gasteiger partial charge < -0.3 is 20.5 Å². The molecule has 6 heteroatoms. The molecule has 1 atom stereocenters. The molecule has 2 rings (SSSR count). The van der Waals surface area contributed by atoms with Crippen molar-refractivity contribution in [3.05, 3.63) is 23.8 Å². The average molecular weight is 301 g/mol. The number of carbonyl (C=O) groups is 1. The first-order chi connectivity index (χ1) is 9.20. The standard InChI is InChI=1S/C14H20N2O3.ClH/c1-10(9-15)14(17)16-5-4-11-2-3-12-13(8-11)19-7-6-18-12;/h2-3,8,10H,4-7,9,15H2,1H3,(H,16,17);1H. The number of halogens is 1. The van der Waals surface area contributed by atoms with Crippen molar-refractivity contribution in [2.75, 3.05) is 26.3 Å². The van der Waals surface area contributed by atoms with Gasteiger partial charge in [0.25, 0.3) is 0 Å². The van der Waals surface area contributed by atoms with Crippen molar-refractivity contribution in [3.63, 3.8) is 0 Å². The molecule has 1 aliphatic heterocycles. The second-order valence-electron chi connectivity index (χ2n) is 4.66. The lowest BCUT2D eigenvalue weighted by Gasteiger charge is -2.19. The van der Waals surface area contributed by atoms with Crippen molar-refractivity contribution in [1.82, 2.24) is 5.32 Å². The lowest BCUT2D eigenvalue weighted by Crippen LogP contribution is -2.34. The Morgan fingerprint density at radius 2 is 2.05 bits per heavy atom. The van der Waals surface area contributed by atoms with E-state index in [-0.39, 0.29) is 24.2 Å². The fraction of sp³-hybridized carbons (Fsp3) is 0.500. The van der Waals surface area contributed by atoms with Gasteiger partial charge in [0, 0.05) is 19.0 Å². The first kappa shape index (κ1) is 16.6. The predicted molar refractivity (Wildman–Crippen MR) is 79.6 cm³/mol. The molecule has 0 spiro atoms. The van der Waals surface area contributed by atoms with E-state index in [1.54, 1.807) is 0 Å². The van der Waals surface area contributed by atoms with Gasteiger partial charge >= 0.3 is 0 Å². The highest BCUT2D eigenvalue weighted by atomic mass is 35.5. The number of benzene rings is 1. The van der Waals surface area contributed by atoms with Crippen LogP contribution in [0.15, 0.2) is 18.2 Å². The lowest BCUT2D eigenvalue weighted by molar-refractivity contribution is -0.124. The number of nitrogens with two attached hydrogens (primary N) is 1. The monoisotopic (exact) mass is 300 g/mol. The van der Waals surface area contributed by atoms with E-state index < -0.39 is 0 Å². The van der Waals surface area contributed by atoms with Gasteiger partial charge in [0.2, 0.25) is 5.91 Å². The molecule has 1 aromatic rings. The summed E-state index contributed by atoms with van der Waals surface area (Å²) in [6.45, 7) is 3.97. The van der Waals surface area contributed by atoms with Gasteiger partial charge in [0.1, 0.15) is 13.2 Å². The van der Waals surface area contributed by atoms with E-state index in [1.807, 2.05) is 25.1 Å². The molecule has 1 aliphatic rings. The van der Waals surface area contributed by atoms with Gasteiger partial charge in [-0.2, -0.15) is 0 Å². The SMILES string of the molecule is CC(CN)C(=O)NCCc1ccc2c(c1)OCCO2.Cl. The van der Waals surface area contributed by atoms with Crippen LogP contribution in [0.1, 0.15) is 12.5 Å². The number of nitrogens with one attached hydrogen (secondary N) is 1. The fourth-order valence-electron chi connectivity index (χ4n) is 1.85. The van der Waals surface area contributed by atoms with Crippen molar-refractivity contribution in [2.45, 2.75) is 13.3 Å². The van der Waals surface area contributed by atoms with Crippen molar-refractivity contribution < 1.29 is 14.3 Å². The molecule has 1 amide bonds. The predicted octanol–water partition coefficient (Wildman–Crippen LogP) is 1.13. The second kappa shape index (κ2) is 7.97. The third-order valence-corrected chi connectivity index (χ3v) is 3.12. The highest BCUT2D eigenvalue weighted by Gasteiger charge is 2.12. The van der Waals surface area contributed by atoms with Crippen LogP contribution in [0.3, 0.4) is 0 Å². The first-order valence-corrected chi connectivity index (χ1v) is 6.57. The van der Waals surface area contributed by atoms with Gasteiger partial charge in [-0.3, -0.25) is 4.79 Å². The van der Waals surface area contributed by atoms with Gasteiger partial charge in [-0.25, -0.2) is 0 Å². The molecular formula is C14H21ClN2O3. The summed E-state index contributed by atoms with van der Waals surface area (Å²) in [5.41, 5.74) is 6.56. The maximum atomic E-state index is 11.6. The average Bonchev–Trinajstić information content (AvgIpc) is 2.46. The maximum Gasteiger partial charge on any atom is 0.224 e. The van der Waals surface area contributed by atoms with Gasteiger partial charge in [0.15, 0.2) is 11.5 Å². The molecule has 0 aliphatic carbocycles. The summed E-state index contributed by atoms with van der Waals surface area (Å²) in [6.07, 6.45) is 0.764. The third-order valence-electron chi connectivity index (χ3n) is 3.12. The van der Waals surface area contributed by atoms with Crippen molar-refractivity contribution in [3.8, 4) is 11.5 Å². The van der Waals surface area contributed by atoms with Crippen LogP contribution >= 0.6 is 12.4 Å². The molecule has 20 heavy (non-hydrogen) atoms. The van der Waals surface area contributed by atoms with Gasteiger partial charge in [0.05, 0.1) is 0 Å². The molecule has 1 unspecified atom stereocenters. The number of fused-ring (bicyclic) bond motifs is 1. The molecule has 5 nitrogen and oxygen atoms in total. The van der Waals surface area contributed by atoms with E-state index in [1.165, 1.54) is 0 Å². The van der Waals surface area contributed by atoms with Gasteiger partial charge in [-0.15, -0.1) is 12.4 Å². The van der Waals surface area contributed by atoms with E-state index in [0.29, 0.717) is 26.3 Å². The van der Waals surface area contributed by atoms with Crippen LogP contribution in [0.5, 0.6) is 11.5 Å². The van der Waals surface area contributed by atoms with Crippen LogP contribution in [0.2, 0.25) is 0 Å². The summed E-state index contributed by atoms with van der Waals surface area (Å²) in [4.78, 5) is 11.6. The maximum absolute atomic E-state index is 11.6.